The van der Waals surface area contributed by atoms with Gasteiger partial charge in [0, 0.05) is 15.7 Å². The Morgan fingerprint density at radius 3 is 2.36 bits per heavy atom. The zero-order valence-corrected chi connectivity index (χ0v) is 16.5. The van der Waals surface area contributed by atoms with Crippen molar-refractivity contribution in [3.05, 3.63) is 88.9 Å². The molecule has 1 heterocycles. The number of para-hydroxylation sites is 3. The molecule has 0 amide bonds. The van der Waals surface area contributed by atoms with Gasteiger partial charge in [-0.25, -0.2) is 5.01 Å². The average molecular weight is 436 g/mol. The number of nitrogens with zero attached hydrogens (tertiary/aromatic N) is 3. The van der Waals surface area contributed by atoms with E-state index in [-0.39, 0.29) is 5.75 Å². The highest BCUT2D eigenvalue weighted by Crippen LogP contribution is 2.33. The molecule has 28 heavy (non-hydrogen) atoms. The van der Waals surface area contributed by atoms with Crippen molar-refractivity contribution in [1.29, 1.82) is 0 Å². The Labute approximate surface area is 171 Å². The number of rotatable bonds is 4. The number of benzene rings is 3. The Morgan fingerprint density at radius 1 is 0.964 bits per heavy atom. The zero-order valence-electron chi connectivity index (χ0n) is 14.9. The fraction of sp³-hybridized carbons (Fsp3) is 0.0909. The van der Waals surface area contributed by atoms with E-state index in [0.29, 0.717) is 17.8 Å². The van der Waals surface area contributed by atoms with Gasteiger partial charge in [-0.2, -0.15) is 5.10 Å². The predicted molar refractivity (Wildman–Crippen MR) is 115 cm³/mol. The Bertz CT molecular complexity index is 1020. The Kier molecular flexibility index (Phi) is 5.12. The van der Waals surface area contributed by atoms with E-state index >= 15 is 0 Å². The van der Waals surface area contributed by atoms with E-state index in [9.17, 15) is 9.90 Å². The first-order valence-electron chi connectivity index (χ1n) is 8.85. The van der Waals surface area contributed by atoms with E-state index in [1.807, 2.05) is 71.6 Å². The van der Waals surface area contributed by atoms with Gasteiger partial charge >= 0.3 is 0 Å². The van der Waals surface area contributed by atoms with Crippen LogP contribution in [0.4, 0.5) is 11.4 Å². The fourth-order valence-corrected chi connectivity index (χ4v) is 3.76. The summed E-state index contributed by atoms with van der Waals surface area (Å²) in [7, 11) is 0. The van der Waals surface area contributed by atoms with E-state index in [2.05, 4.69) is 15.9 Å². The van der Waals surface area contributed by atoms with Crippen LogP contribution in [0.3, 0.4) is 0 Å². The van der Waals surface area contributed by atoms with E-state index in [1.54, 1.807) is 17.1 Å². The van der Waals surface area contributed by atoms with Gasteiger partial charge in [0.05, 0.1) is 17.9 Å². The van der Waals surface area contributed by atoms with Crippen LogP contribution in [0.1, 0.15) is 5.56 Å². The highest BCUT2D eigenvalue weighted by Gasteiger charge is 2.33. The molecule has 0 aromatic heterocycles. The summed E-state index contributed by atoms with van der Waals surface area (Å²) in [6, 6.07) is 24.5. The quantitative estimate of drug-likeness (QED) is 0.616. The molecule has 1 aliphatic heterocycles. The summed E-state index contributed by atoms with van der Waals surface area (Å²) < 4.78 is 0.831. The summed E-state index contributed by atoms with van der Waals surface area (Å²) in [5, 5.41) is 16.8. The number of halogens is 1. The molecule has 4 rings (SSSR count). The fourth-order valence-electron chi connectivity index (χ4n) is 3.29. The van der Waals surface area contributed by atoms with Crippen LogP contribution < -0.4 is 9.91 Å². The molecule has 0 radical (unpaired) electrons. The number of phenols is 1. The SMILES string of the molecule is O=CC1N(c2ccccc2)CC(c2ccccc2O)=NN1c1ccccc1Br. The van der Waals surface area contributed by atoms with Crippen molar-refractivity contribution in [3.63, 3.8) is 0 Å². The number of carbonyl (C=O) groups is 1. The molecule has 0 spiro atoms. The number of hydrazone groups is 1. The van der Waals surface area contributed by atoms with Gasteiger partial charge in [-0.15, -0.1) is 0 Å². The Morgan fingerprint density at radius 2 is 1.64 bits per heavy atom. The highest BCUT2D eigenvalue weighted by molar-refractivity contribution is 9.10. The monoisotopic (exact) mass is 435 g/mol. The van der Waals surface area contributed by atoms with Crippen LogP contribution in [0, 0.1) is 0 Å². The first kappa shape index (κ1) is 18.3. The third-order valence-electron chi connectivity index (χ3n) is 4.64. The number of hydrogen-bond acceptors (Lipinski definition) is 5. The van der Waals surface area contributed by atoms with Crippen molar-refractivity contribution in [1.82, 2.24) is 0 Å². The molecule has 1 aliphatic rings. The summed E-state index contributed by atoms with van der Waals surface area (Å²) in [6.45, 7) is 0.395. The van der Waals surface area contributed by atoms with Gasteiger partial charge in [-0.1, -0.05) is 42.5 Å². The predicted octanol–water partition coefficient (Wildman–Crippen LogP) is 4.41. The smallest absolute Gasteiger partial charge is 0.180 e. The maximum absolute atomic E-state index is 12.1. The third kappa shape index (κ3) is 3.39. The molecular weight excluding hydrogens is 418 g/mol. The molecule has 0 bridgehead atoms. The number of hydrogen-bond donors (Lipinski definition) is 1. The summed E-state index contributed by atoms with van der Waals surface area (Å²) in [5.74, 6) is 0.158. The van der Waals surface area contributed by atoms with Crippen LogP contribution >= 0.6 is 15.9 Å². The van der Waals surface area contributed by atoms with Crippen molar-refractivity contribution in [2.45, 2.75) is 6.17 Å². The minimum Gasteiger partial charge on any atom is -0.507 e. The van der Waals surface area contributed by atoms with Gasteiger partial charge in [-0.05, 0) is 52.3 Å². The van der Waals surface area contributed by atoms with E-state index < -0.39 is 6.17 Å². The molecule has 5 nitrogen and oxygen atoms in total. The number of aldehydes is 1. The first-order chi connectivity index (χ1) is 13.7. The molecule has 0 saturated carbocycles. The molecule has 1 N–H and O–H groups in total. The summed E-state index contributed by atoms with van der Waals surface area (Å²) in [6.07, 6.45) is 0.271. The number of carbonyl (C=O) groups excluding carboxylic acids is 1. The maximum Gasteiger partial charge on any atom is 0.180 e. The molecule has 3 aromatic carbocycles. The van der Waals surface area contributed by atoms with Gasteiger partial charge in [0.15, 0.2) is 12.5 Å². The molecule has 3 aromatic rings. The highest BCUT2D eigenvalue weighted by atomic mass is 79.9. The van der Waals surface area contributed by atoms with Crippen molar-refractivity contribution < 1.29 is 9.90 Å². The summed E-state index contributed by atoms with van der Waals surface area (Å²) in [5.41, 5.74) is 2.99. The molecule has 1 atom stereocenters. The first-order valence-corrected chi connectivity index (χ1v) is 9.65. The van der Waals surface area contributed by atoms with Gasteiger partial charge in [-0.3, -0.25) is 4.79 Å². The Balaban J connectivity index is 1.88. The van der Waals surface area contributed by atoms with Crippen LogP contribution in [0.2, 0.25) is 0 Å². The van der Waals surface area contributed by atoms with Crippen molar-refractivity contribution >= 4 is 39.3 Å². The third-order valence-corrected chi connectivity index (χ3v) is 5.31. The molecule has 6 heteroatoms. The van der Waals surface area contributed by atoms with Crippen LogP contribution in [0.25, 0.3) is 0 Å². The molecule has 0 saturated heterocycles. The molecule has 140 valence electrons. The van der Waals surface area contributed by atoms with E-state index in [1.165, 1.54) is 0 Å². The van der Waals surface area contributed by atoms with Gasteiger partial charge in [0.25, 0.3) is 0 Å². The molecule has 0 fully saturated rings. The van der Waals surface area contributed by atoms with Crippen LogP contribution in [0.5, 0.6) is 5.75 Å². The lowest BCUT2D eigenvalue weighted by atomic mass is 10.1. The summed E-state index contributed by atoms with van der Waals surface area (Å²) in [4.78, 5) is 14.1. The van der Waals surface area contributed by atoms with Gasteiger partial charge in [0.1, 0.15) is 5.75 Å². The van der Waals surface area contributed by atoms with E-state index in [0.717, 1.165) is 22.1 Å². The molecular formula is C22H18BrN3O2. The lowest BCUT2D eigenvalue weighted by molar-refractivity contribution is -0.109. The second-order valence-corrected chi connectivity index (χ2v) is 7.23. The second kappa shape index (κ2) is 7.86. The van der Waals surface area contributed by atoms with Crippen molar-refractivity contribution in [3.8, 4) is 5.75 Å². The molecule has 0 aliphatic carbocycles. The normalized spacial score (nSPS) is 16.6. The maximum atomic E-state index is 12.1. The Hall–Kier alpha value is -3.12. The van der Waals surface area contributed by atoms with Crippen molar-refractivity contribution in [2.24, 2.45) is 5.10 Å². The standard InChI is InChI=1S/C22H18BrN3O2/c23-18-11-5-6-12-20(18)26-22(15-27)25(16-8-2-1-3-9-16)14-19(24-26)17-10-4-7-13-21(17)28/h1-13,15,22,28H,14H2. The van der Waals surface area contributed by atoms with Crippen LogP contribution in [-0.4, -0.2) is 29.8 Å². The second-order valence-electron chi connectivity index (χ2n) is 6.37. The number of anilines is 2. The lowest BCUT2D eigenvalue weighted by Crippen LogP contribution is -2.54. The zero-order chi connectivity index (χ0) is 19.5. The average Bonchev–Trinajstić information content (AvgIpc) is 2.74. The van der Waals surface area contributed by atoms with Crippen LogP contribution in [0.15, 0.2) is 88.4 Å². The van der Waals surface area contributed by atoms with Gasteiger partial charge < -0.3 is 10.0 Å². The minimum absolute atomic E-state index is 0.158. The largest absolute Gasteiger partial charge is 0.507 e. The molecule has 1 unspecified atom stereocenters. The summed E-state index contributed by atoms with van der Waals surface area (Å²) >= 11 is 3.56. The van der Waals surface area contributed by atoms with Gasteiger partial charge in [0.2, 0.25) is 0 Å². The van der Waals surface area contributed by atoms with Crippen LogP contribution in [-0.2, 0) is 4.79 Å². The lowest BCUT2D eigenvalue weighted by Gasteiger charge is -2.41. The number of aromatic hydroxyl groups is 1. The van der Waals surface area contributed by atoms with E-state index in [4.69, 9.17) is 5.10 Å². The van der Waals surface area contributed by atoms with Crippen molar-refractivity contribution in [2.75, 3.05) is 16.5 Å². The minimum atomic E-state index is -0.615. The number of phenolic OH excluding ortho intramolecular Hbond substituents is 1. The topological polar surface area (TPSA) is 56.1 Å².